The average Bonchev–Trinajstić information content (AvgIpc) is 2.75. The Kier molecular flexibility index (Phi) is 7.12. The van der Waals surface area contributed by atoms with Gasteiger partial charge in [-0.25, -0.2) is 9.18 Å². The van der Waals surface area contributed by atoms with Gasteiger partial charge in [0.1, 0.15) is 23.2 Å². The van der Waals surface area contributed by atoms with Crippen LogP contribution in [0.1, 0.15) is 32.7 Å². The summed E-state index contributed by atoms with van der Waals surface area (Å²) in [4.78, 5) is 23.6. The highest BCUT2D eigenvalue weighted by atomic mass is 35.5. The Morgan fingerprint density at radius 2 is 1.79 bits per heavy atom. The van der Waals surface area contributed by atoms with Crippen LogP contribution in [0.25, 0.3) is 0 Å². The fourth-order valence-corrected chi connectivity index (χ4v) is 3.51. The fraction of sp³-hybridized carbons (Fsp3) is 0.217. The van der Waals surface area contributed by atoms with Crippen molar-refractivity contribution in [3.63, 3.8) is 0 Å². The molecule has 0 saturated carbocycles. The van der Waals surface area contributed by atoms with Crippen LogP contribution in [0.2, 0.25) is 5.02 Å². The van der Waals surface area contributed by atoms with Gasteiger partial charge in [-0.05, 0) is 60.9 Å². The zero-order valence-electron chi connectivity index (χ0n) is 17.2. The quantitative estimate of drug-likeness (QED) is 0.451. The van der Waals surface area contributed by atoms with Crippen LogP contribution in [0.4, 0.5) is 17.6 Å². The number of carbonyl (C=O) groups is 1. The summed E-state index contributed by atoms with van der Waals surface area (Å²) in [5.41, 5.74) is -0.0811. The lowest BCUT2D eigenvalue weighted by Gasteiger charge is -2.17. The predicted octanol–water partition coefficient (Wildman–Crippen LogP) is 5.49. The summed E-state index contributed by atoms with van der Waals surface area (Å²) >= 11 is 6.03. The number of pyridine rings is 1. The Bertz CT molecular complexity index is 1240. The molecule has 1 N–H and O–H groups in total. The summed E-state index contributed by atoms with van der Waals surface area (Å²) in [5, 5.41) is 8.96. The lowest BCUT2D eigenvalue weighted by Crippen LogP contribution is -2.27. The lowest BCUT2D eigenvalue weighted by atomic mass is 10.1. The molecule has 0 spiro atoms. The van der Waals surface area contributed by atoms with Gasteiger partial charge in [-0.3, -0.25) is 4.79 Å². The highest BCUT2D eigenvalue weighted by Crippen LogP contribution is 2.33. The SMILES string of the molecule is Cc1cc(Cl)c(=O)n(CCc2ccc(C(=O)O)cc2)c1COc1ccc(F)c(C(F)(F)F)c1. The summed E-state index contributed by atoms with van der Waals surface area (Å²) in [6.45, 7) is 1.59. The predicted molar refractivity (Wildman–Crippen MR) is 113 cm³/mol. The fourth-order valence-electron chi connectivity index (χ4n) is 3.25. The summed E-state index contributed by atoms with van der Waals surface area (Å²) in [5.74, 6) is -2.68. The molecule has 3 aromatic rings. The summed E-state index contributed by atoms with van der Waals surface area (Å²) in [7, 11) is 0. The number of alkyl halides is 3. The Hall–Kier alpha value is -3.33. The molecule has 0 bridgehead atoms. The number of benzene rings is 2. The maximum Gasteiger partial charge on any atom is 0.419 e. The number of halogens is 5. The van der Waals surface area contributed by atoms with E-state index in [1.54, 1.807) is 19.1 Å². The molecular weight excluding hydrogens is 466 g/mol. The molecule has 3 rings (SSSR count). The molecule has 0 atom stereocenters. The van der Waals surface area contributed by atoms with Crippen molar-refractivity contribution < 1.29 is 32.2 Å². The van der Waals surface area contributed by atoms with Crippen molar-refractivity contribution in [3.8, 4) is 5.75 Å². The molecule has 0 aliphatic rings. The van der Waals surface area contributed by atoms with Crippen LogP contribution in [0, 0.1) is 12.7 Å². The van der Waals surface area contributed by atoms with E-state index in [-0.39, 0.29) is 29.5 Å². The Balaban J connectivity index is 1.85. The van der Waals surface area contributed by atoms with Gasteiger partial charge < -0.3 is 14.4 Å². The third-order valence-corrected chi connectivity index (χ3v) is 5.29. The molecule has 0 aliphatic carbocycles. The highest BCUT2D eigenvalue weighted by molar-refractivity contribution is 6.30. The number of nitrogens with zero attached hydrogens (tertiary/aromatic N) is 1. The number of aromatic carboxylic acids is 1. The van der Waals surface area contributed by atoms with Crippen LogP contribution >= 0.6 is 11.6 Å². The Labute approximate surface area is 190 Å². The zero-order valence-corrected chi connectivity index (χ0v) is 18.0. The van der Waals surface area contributed by atoms with E-state index in [1.165, 1.54) is 22.8 Å². The molecule has 0 fully saturated rings. The third-order valence-electron chi connectivity index (χ3n) is 5.02. The molecule has 5 nitrogen and oxygen atoms in total. The number of carboxylic acid groups (broad SMARTS) is 1. The van der Waals surface area contributed by atoms with Gasteiger partial charge in [0, 0.05) is 6.54 Å². The van der Waals surface area contributed by atoms with Crippen LogP contribution in [0.3, 0.4) is 0 Å². The Morgan fingerprint density at radius 3 is 2.39 bits per heavy atom. The number of rotatable bonds is 7. The first-order chi connectivity index (χ1) is 15.5. The minimum atomic E-state index is -4.88. The summed E-state index contributed by atoms with van der Waals surface area (Å²) < 4.78 is 59.2. The third kappa shape index (κ3) is 5.73. The first kappa shape index (κ1) is 24.3. The van der Waals surface area contributed by atoms with E-state index in [9.17, 15) is 27.2 Å². The van der Waals surface area contributed by atoms with Crippen LogP contribution in [-0.4, -0.2) is 15.6 Å². The van der Waals surface area contributed by atoms with Crippen LogP contribution in [0.5, 0.6) is 5.75 Å². The first-order valence-electron chi connectivity index (χ1n) is 9.68. The van der Waals surface area contributed by atoms with Gasteiger partial charge in [0.2, 0.25) is 0 Å². The molecule has 33 heavy (non-hydrogen) atoms. The van der Waals surface area contributed by atoms with Crippen LogP contribution < -0.4 is 10.3 Å². The van der Waals surface area contributed by atoms with Crippen molar-refractivity contribution in [2.75, 3.05) is 0 Å². The van der Waals surface area contributed by atoms with Gasteiger partial charge in [0.15, 0.2) is 0 Å². The van der Waals surface area contributed by atoms with E-state index in [0.717, 1.165) is 11.6 Å². The number of carboxylic acids is 1. The highest BCUT2D eigenvalue weighted by Gasteiger charge is 2.34. The van der Waals surface area contributed by atoms with Gasteiger partial charge in [-0.15, -0.1) is 0 Å². The zero-order chi connectivity index (χ0) is 24.3. The molecule has 174 valence electrons. The minimum Gasteiger partial charge on any atom is -0.487 e. The van der Waals surface area contributed by atoms with Gasteiger partial charge >= 0.3 is 12.1 Å². The molecule has 10 heteroatoms. The van der Waals surface area contributed by atoms with E-state index >= 15 is 0 Å². The second-order valence-electron chi connectivity index (χ2n) is 7.26. The van der Waals surface area contributed by atoms with E-state index in [1.807, 2.05) is 0 Å². The van der Waals surface area contributed by atoms with Crippen molar-refractivity contribution in [3.05, 3.63) is 97.7 Å². The van der Waals surface area contributed by atoms with Gasteiger partial charge in [-0.1, -0.05) is 23.7 Å². The molecule has 0 amide bonds. The molecule has 2 aromatic carbocycles. The normalized spacial score (nSPS) is 11.5. The van der Waals surface area contributed by atoms with E-state index < -0.39 is 29.1 Å². The molecule has 0 unspecified atom stereocenters. The van der Waals surface area contributed by atoms with Crippen molar-refractivity contribution in [2.45, 2.75) is 32.7 Å². The molecule has 1 aromatic heterocycles. The monoisotopic (exact) mass is 483 g/mol. The number of hydrogen-bond donors (Lipinski definition) is 1. The van der Waals surface area contributed by atoms with E-state index in [2.05, 4.69) is 0 Å². The van der Waals surface area contributed by atoms with Crippen molar-refractivity contribution >= 4 is 17.6 Å². The molecule has 0 saturated heterocycles. The number of aryl methyl sites for hydroxylation is 2. The van der Waals surface area contributed by atoms with E-state index in [4.69, 9.17) is 21.4 Å². The number of hydrogen-bond acceptors (Lipinski definition) is 3. The number of ether oxygens (including phenoxy) is 1. The van der Waals surface area contributed by atoms with Crippen molar-refractivity contribution in [1.29, 1.82) is 0 Å². The van der Waals surface area contributed by atoms with Crippen molar-refractivity contribution in [1.82, 2.24) is 4.57 Å². The van der Waals surface area contributed by atoms with Crippen molar-refractivity contribution in [2.24, 2.45) is 0 Å². The van der Waals surface area contributed by atoms with Gasteiger partial charge in [-0.2, -0.15) is 13.2 Å². The molecular formula is C23H18ClF4NO4. The molecule has 0 radical (unpaired) electrons. The van der Waals surface area contributed by atoms with Crippen LogP contribution in [0.15, 0.2) is 53.3 Å². The largest absolute Gasteiger partial charge is 0.487 e. The maximum atomic E-state index is 13.5. The average molecular weight is 484 g/mol. The summed E-state index contributed by atoms with van der Waals surface area (Å²) in [6, 6.07) is 9.88. The topological polar surface area (TPSA) is 68.5 Å². The lowest BCUT2D eigenvalue weighted by molar-refractivity contribution is -0.140. The summed E-state index contributed by atoms with van der Waals surface area (Å²) in [6.07, 6.45) is -4.51. The molecule has 0 aliphatic heterocycles. The maximum absolute atomic E-state index is 13.5. The second-order valence-corrected chi connectivity index (χ2v) is 7.67. The number of aromatic nitrogens is 1. The van der Waals surface area contributed by atoms with Crippen LogP contribution in [-0.2, 0) is 25.7 Å². The minimum absolute atomic E-state index is 0.0291. The Morgan fingerprint density at radius 1 is 1.12 bits per heavy atom. The van der Waals surface area contributed by atoms with Gasteiger partial charge in [0.05, 0.1) is 16.8 Å². The van der Waals surface area contributed by atoms with Gasteiger partial charge in [0.25, 0.3) is 5.56 Å². The second kappa shape index (κ2) is 9.66. The standard InChI is InChI=1S/C23H18ClF4NO4/c1-13-10-18(24)21(30)29(9-8-14-2-4-15(5-3-14)22(31)32)20(13)12-33-16-6-7-19(25)17(11-16)23(26,27)28/h2-7,10-11H,8-9,12H2,1H3,(H,31,32). The first-order valence-corrected chi connectivity index (χ1v) is 10.1. The van der Waals surface area contributed by atoms with E-state index in [0.29, 0.717) is 29.8 Å². The molecule has 1 heterocycles. The smallest absolute Gasteiger partial charge is 0.419 e.